The molecule has 0 radical (unpaired) electrons. The first-order valence-electron chi connectivity index (χ1n) is 16.0. The van der Waals surface area contributed by atoms with Crippen molar-refractivity contribution in [2.75, 3.05) is 37.7 Å². The third-order valence-corrected chi connectivity index (χ3v) is 11.1. The van der Waals surface area contributed by atoms with Crippen molar-refractivity contribution in [2.24, 2.45) is 0 Å². The van der Waals surface area contributed by atoms with E-state index >= 15 is 4.39 Å². The summed E-state index contributed by atoms with van der Waals surface area (Å²) in [6.07, 6.45) is 9.12. The Hall–Kier alpha value is -3.30. The number of nitrogens with zero attached hydrogens (tertiary/aromatic N) is 5. The van der Waals surface area contributed by atoms with Crippen molar-refractivity contribution in [2.45, 2.75) is 75.4 Å². The van der Waals surface area contributed by atoms with E-state index in [4.69, 9.17) is 26.3 Å². The van der Waals surface area contributed by atoms with E-state index in [1.807, 2.05) is 12.1 Å². The summed E-state index contributed by atoms with van der Waals surface area (Å²) < 4.78 is 37.0. The Balaban J connectivity index is 1.22. The van der Waals surface area contributed by atoms with Crippen molar-refractivity contribution >= 4 is 34.2 Å². The number of likely N-dealkylation sites (tertiary alicyclic amines) is 1. The van der Waals surface area contributed by atoms with E-state index in [9.17, 15) is 9.18 Å². The number of hydrogen-bond acceptors (Lipinski definition) is 6. The van der Waals surface area contributed by atoms with Crippen LogP contribution in [-0.4, -0.2) is 76.1 Å². The average Bonchev–Trinajstić information content (AvgIpc) is 3.69. The summed E-state index contributed by atoms with van der Waals surface area (Å²) in [7, 11) is 0. The lowest BCUT2D eigenvalue weighted by atomic mass is 9.85. The third-order valence-electron chi connectivity index (χ3n) is 10.8. The fourth-order valence-corrected chi connectivity index (χ4v) is 8.93. The first kappa shape index (κ1) is 28.2. The van der Waals surface area contributed by atoms with E-state index in [1.165, 1.54) is 5.56 Å². The molecule has 44 heavy (non-hydrogen) atoms. The number of aromatic nitrogens is 2. The van der Waals surface area contributed by atoms with Crippen molar-refractivity contribution in [3.8, 4) is 17.1 Å². The second-order valence-electron chi connectivity index (χ2n) is 13.1. The summed E-state index contributed by atoms with van der Waals surface area (Å²) in [5, 5.41) is 0.820. The number of hydrogen-bond donors (Lipinski definition) is 0. The van der Waals surface area contributed by atoms with Crippen LogP contribution in [0.15, 0.2) is 36.7 Å². The molecule has 1 unspecified atom stereocenters. The smallest absolute Gasteiger partial charge is 0.319 e. The minimum Gasteiger partial charge on any atom is -0.461 e. The summed E-state index contributed by atoms with van der Waals surface area (Å²) in [5.41, 5.74) is 3.75. The van der Waals surface area contributed by atoms with Crippen LogP contribution in [0.2, 0.25) is 5.02 Å². The number of rotatable bonds is 6. The summed E-state index contributed by atoms with van der Waals surface area (Å²) in [6.45, 7) is 6.67. The Morgan fingerprint density at radius 1 is 1.09 bits per heavy atom. The average molecular weight is 620 g/mol. The highest BCUT2D eigenvalue weighted by atomic mass is 35.5. The minimum atomic E-state index is -0.955. The molecule has 1 amide bonds. The van der Waals surface area contributed by atoms with Crippen molar-refractivity contribution < 1.29 is 18.3 Å². The minimum absolute atomic E-state index is 0.0196. The molecule has 8 rings (SSSR count). The lowest BCUT2D eigenvalue weighted by Gasteiger charge is -2.47. The summed E-state index contributed by atoms with van der Waals surface area (Å²) in [5.74, 6) is -1.57. The maximum atomic E-state index is 16.8. The number of amides is 1. The van der Waals surface area contributed by atoms with Crippen LogP contribution in [0.1, 0.15) is 56.1 Å². The second-order valence-corrected chi connectivity index (χ2v) is 13.5. The van der Waals surface area contributed by atoms with Gasteiger partial charge in [0.05, 0.1) is 22.6 Å². The third kappa shape index (κ3) is 4.33. The number of fused-ring (bicyclic) bond motifs is 4. The van der Waals surface area contributed by atoms with Crippen molar-refractivity contribution in [1.29, 1.82) is 0 Å². The summed E-state index contributed by atoms with van der Waals surface area (Å²) in [4.78, 5) is 28.1. The molecule has 5 aliphatic rings. The molecule has 230 valence electrons. The van der Waals surface area contributed by atoms with Gasteiger partial charge in [0.1, 0.15) is 17.9 Å². The number of halogens is 3. The van der Waals surface area contributed by atoms with Crippen LogP contribution in [0.25, 0.3) is 22.0 Å². The van der Waals surface area contributed by atoms with E-state index in [0.717, 1.165) is 75.6 Å². The van der Waals surface area contributed by atoms with Crippen molar-refractivity contribution in [3.05, 3.63) is 58.6 Å². The number of carbonyl (C=O) groups excluding carboxylic acids is 1. The maximum absolute atomic E-state index is 16.8. The molecule has 3 aromatic rings. The number of carbonyl (C=O) groups is 1. The molecule has 7 nitrogen and oxygen atoms in total. The van der Waals surface area contributed by atoms with Crippen LogP contribution in [0.3, 0.4) is 0 Å². The first-order chi connectivity index (χ1) is 21.3. The zero-order valence-corrected chi connectivity index (χ0v) is 25.5. The molecule has 0 spiro atoms. The van der Waals surface area contributed by atoms with Crippen LogP contribution >= 0.6 is 11.6 Å². The molecule has 4 fully saturated rings. The van der Waals surface area contributed by atoms with Crippen LogP contribution in [0.4, 0.5) is 14.6 Å². The molecule has 4 saturated heterocycles. The van der Waals surface area contributed by atoms with Crippen LogP contribution in [0, 0.1) is 5.82 Å². The molecule has 0 bridgehead atoms. The van der Waals surface area contributed by atoms with Gasteiger partial charge in [-0.1, -0.05) is 36.4 Å². The van der Waals surface area contributed by atoms with Crippen LogP contribution < -0.4 is 9.64 Å². The number of ether oxygens (including phenoxy) is 1. The Bertz CT molecular complexity index is 1690. The van der Waals surface area contributed by atoms with Gasteiger partial charge in [0.25, 0.3) is 5.91 Å². The molecular formula is C34H36ClF2N5O2. The molecule has 0 N–H and O–H groups in total. The predicted octanol–water partition coefficient (Wildman–Crippen LogP) is 6.25. The van der Waals surface area contributed by atoms with Gasteiger partial charge in [0.15, 0.2) is 11.6 Å². The highest BCUT2D eigenvalue weighted by molar-refractivity contribution is 6.34. The molecule has 4 aliphatic heterocycles. The maximum Gasteiger partial charge on any atom is 0.319 e. The molecule has 2 atom stereocenters. The number of aryl methyl sites for hydroxylation is 1. The normalized spacial score (nSPS) is 23.8. The molecule has 0 saturated carbocycles. The van der Waals surface area contributed by atoms with Crippen LogP contribution in [0.5, 0.6) is 6.01 Å². The molecule has 1 aliphatic carbocycles. The lowest BCUT2D eigenvalue weighted by molar-refractivity contribution is -0.130. The fraction of sp³-hybridized carbons (Fsp3) is 0.500. The lowest BCUT2D eigenvalue weighted by Crippen LogP contribution is -2.63. The molecule has 2 aromatic carbocycles. The zero-order valence-electron chi connectivity index (χ0n) is 24.8. The highest BCUT2D eigenvalue weighted by Gasteiger charge is 2.50. The van der Waals surface area contributed by atoms with E-state index < -0.39 is 17.6 Å². The van der Waals surface area contributed by atoms with Crippen LogP contribution in [-0.2, 0) is 17.6 Å². The fourth-order valence-electron chi connectivity index (χ4n) is 8.64. The SMILES string of the molecule is C=C(F)C(=O)N1CCC2[C@H]1CN2c1nc(OCC23CCCN2CCC3)nc2c(F)c(-c3cccc4c3CCCC4)c(Cl)cc12. The Kier molecular flexibility index (Phi) is 6.83. The quantitative estimate of drug-likeness (QED) is 0.304. The van der Waals surface area contributed by atoms with Gasteiger partial charge in [0.2, 0.25) is 0 Å². The number of anilines is 1. The Morgan fingerprint density at radius 3 is 2.68 bits per heavy atom. The van der Waals surface area contributed by atoms with Gasteiger partial charge >= 0.3 is 6.01 Å². The van der Waals surface area contributed by atoms with Gasteiger partial charge < -0.3 is 14.5 Å². The Morgan fingerprint density at radius 2 is 1.89 bits per heavy atom. The largest absolute Gasteiger partial charge is 0.461 e. The monoisotopic (exact) mass is 619 g/mol. The van der Waals surface area contributed by atoms with Crippen molar-refractivity contribution in [1.82, 2.24) is 19.8 Å². The van der Waals surface area contributed by atoms with Gasteiger partial charge in [-0.3, -0.25) is 9.69 Å². The highest BCUT2D eigenvalue weighted by Crippen LogP contribution is 2.45. The van der Waals surface area contributed by atoms with Gasteiger partial charge in [-0.05, 0) is 93.6 Å². The van der Waals surface area contributed by atoms with E-state index in [0.29, 0.717) is 47.9 Å². The standard InChI is InChI=1S/C34H36ClF2N5O2/c1-20(36)32(43)41-16-11-26-27(41)18-42(26)31-24-17-25(35)28(23-10-4-8-21-7-2-3-9-22(21)23)29(37)30(24)38-33(39-31)44-19-34-12-5-14-40(34)15-6-13-34/h4,8,10,17,26-27H,1-3,5-7,9,11-16,18-19H2/t26?,27-/m1/s1. The molecule has 10 heteroatoms. The zero-order chi connectivity index (χ0) is 30.2. The second kappa shape index (κ2) is 10.7. The van der Waals surface area contributed by atoms with Gasteiger partial charge in [-0.15, -0.1) is 0 Å². The van der Waals surface area contributed by atoms with E-state index in [-0.39, 0.29) is 29.1 Å². The number of benzene rings is 2. The Labute approximate surface area is 260 Å². The van der Waals surface area contributed by atoms with Gasteiger partial charge in [-0.2, -0.15) is 9.97 Å². The van der Waals surface area contributed by atoms with E-state index in [1.54, 1.807) is 11.0 Å². The molecule has 1 aromatic heterocycles. The van der Waals surface area contributed by atoms with Gasteiger partial charge in [-0.25, -0.2) is 8.78 Å². The summed E-state index contributed by atoms with van der Waals surface area (Å²) in [6, 6.07) is 7.74. The molecule has 5 heterocycles. The van der Waals surface area contributed by atoms with E-state index in [2.05, 4.69) is 22.4 Å². The molecular weight excluding hydrogens is 584 g/mol. The van der Waals surface area contributed by atoms with Gasteiger partial charge in [0, 0.05) is 24.0 Å². The summed E-state index contributed by atoms with van der Waals surface area (Å²) >= 11 is 6.93. The van der Waals surface area contributed by atoms with Crippen molar-refractivity contribution in [3.63, 3.8) is 0 Å². The first-order valence-corrected chi connectivity index (χ1v) is 16.3. The topological polar surface area (TPSA) is 61.8 Å². The predicted molar refractivity (Wildman–Crippen MR) is 166 cm³/mol.